The third-order valence-corrected chi connectivity index (χ3v) is 13.6. The zero-order valence-electron chi connectivity index (χ0n) is 43.1. The third-order valence-electron chi connectivity index (χ3n) is 12.7. The molecule has 0 heterocycles. The van der Waals surface area contributed by atoms with Crippen molar-refractivity contribution in [2.75, 3.05) is 54.1 Å². The van der Waals surface area contributed by atoms with Crippen LogP contribution in [0.3, 0.4) is 0 Å². The second-order valence-electron chi connectivity index (χ2n) is 20.3. The maximum absolute atomic E-state index is 12.8. The van der Waals surface area contributed by atoms with Gasteiger partial charge in [-0.15, -0.1) is 0 Å². The average Bonchev–Trinajstić information content (AvgIpc) is 3.24. The van der Waals surface area contributed by atoms with E-state index in [1.807, 2.05) is 21.1 Å². The van der Waals surface area contributed by atoms with E-state index >= 15 is 0 Å². The average molecular weight is 916 g/mol. The summed E-state index contributed by atoms with van der Waals surface area (Å²) in [6.45, 7) is 5.50. The van der Waals surface area contributed by atoms with Crippen LogP contribution in [-0.2, 0) is 27.9 Å². The Balaban J connectivity index is 4.03. The molecule has 0 rings (SSSR count). The first-order valence-corrected chi connectivity index (χ1v) is 29.2. The first-order valence-electron chi connectivity index (χ1n) is 27.8. The fourth-order valence-electron chi connectivity index (χ4n) is 8.37. The van der Waals surface area contributed by atoms with Gasteiger partial charge >= 0.3 is 5.97 Å². The Morgan fingerprint density at radius 1 is 0.429 bits per heavy atom. The van der Waals surface area contributed by atoms with E-state index in [9.17, 15) is 14.3 Å². The van der Waals surface area contributed by atoms with E-state index in [0.29, 0.717) is 24.1 Å². The van der Waals surface area contributed by atoms with E-state index in [2.05, 4.69) is 13.8 Å². The topological polar surface area (TPSA) is 94.1 Å². The smallest absolute Gasteiger partial charge is 0.306 e. The molecule has 0 saturated carbocycles. The molecule has 378 valence electrons. The zero-order chi connectivity index (χ0) is 46.2. The Bertz CT molecular complexity index is 976. The summed E-state index contributed by atoms with van der Waals surface area (Å²) >= 11 is 0. The van der Waals surface area contributed by atoms with Crippen molar-refractivity contribution in [1.82, 2.24) is 0 Å². The Hall–Kier alpha value is -0.500. The number of phosphoric acid groups is 1. The Kier molecular flexibility index (Phi) is 47.6. The number of hydrogen-bond acceptors (Lipinski definition) is 7. The van der Waals surface area contributed by atoms with Gasteiger partial charge in [0.2, 0.25) is 0 Å². The molecule has 0 aliphatic rings. The molecule has 0 aliphatic heterocycles. The molecule has 2 unspecified atom stereocenters. The standard InChI is InChI=1S/C54H110NO7P/c1-6-8-10-12-14-16-18-20-22-24-26-27-28-30-32-34-36-38-40-42-44-46-49-59-51-53(52-61-63(57,58)60-50-48-55(3,4)5)62-54(56)47-45-43-41-39-37-35-33-31-29-25-23-21-19-17-15-13-11-9-7-2/h53H,6-52H2,1-5H3. The van der Waals surface area contributed by atoms with Crippen molar-refractivity contribution in [2.24, 2.45) is 0 Å². The number of esters is 1. The molecule has 0 aromatic carbocycles. The minimum absolute atomic E-state index is 0.0319. The quantitative estimate of drug-likeness (QED) is 0.0260. The molecule has 0 aliphatic carbocycles. The van der Waals surface area contributed by atoms with Crippen LogP contribution in [0.5, 0.6) is 0 Å². The van der Waals surface area contributed by atoms with Crippen LogP contribution in [0.4, 0.5) is 0 Å². The molecule has 0 saturated heterocycles. The van der Waals surface area contributed by atoms with Gasteiger partial charge in [0.1, 0.15) is 19.3 Å². The minimum Gasteiger partial charge on any atom is -0.756 e. The number of quaternary nitrogens is 1. The number of rotatable bonds is 53. The van der Waals surface area contributed by atoms with Crippen molar-refractivity contribution in [3.63, 3.8) is 0 Å². The molecule has 0 N–H and O–H groups in total. The first-order chi connectivity index (χ1) is 30.6. The number of nitrogens with zero attached hydrogens (tertiary/aromatic N) is 1. The van der Waals surface area contributed by atoms with Gasteiger partial charge in [-0.3, -0.25) is 9.36 Å². The maximum atomic E-state index is 12.8. The van der Waals surface area contributed by atoms with Gasteiger partial charge in [-0.05, 0) is 12.8 Å². The summed E-state index contributed by atoms with van der Waals surface area (Å²) in [5, 5.41) is 0. The van der Waals surface area contributed by atoms with Gasteiger partial charge < -0.3 is 27.9 Å². The predicted molar refractivity (Wildman–Crippen MR) is 268 cm³/mol. The highest BCUT2D eigenvalue weighted by Gasteiger charge is 2.20. The summed E-state index contributed by atoms with van der Waals surface area (Å²) < 4.78 is 34.8. The molecular formula is C54H110NO7P. The molecular weight excluding hydrogens is 806 g/mol. The fourth-order valence-corrected chi connectivity index (χ4v) is 9.10. The van der Waals surface area contributed by atoms with Crippen LogP contribution < -0.4 is 4.89 Å². The first kappa shape index (κ1) is 62.5. The van der Waals surface area contributed by atoms with Crippen LogP contribution in [-0.4, -0.2) is 70.7 Å². The lowest BCUT2D eigenvalue weighted by molar-refractivity contribution is -0.870. The molecule has 0 radical (unpaired) electrons. The Morgan fingerprint density at radius 3 is 1.05 bits per heavy atom. The van der Waals surface area contributed by atoms with E-state index in [0.717, 1.165) is 32.1 Å². The van der Waals surface area contributed by atoms with Crippen molar-refractivity contribution >= 4 is 13.8 Å². The number of ether oxygens (including phenoxy) is 2. The third kappa shape index (κ3) is 52.3. The number of carbonyl (C=O) groups excluding carboxylic acids is 1. The molecule has 8 nitrogen and oxygen atoms in total. The van der Waals surface area contributed by atoms with E-state index in [4.69, 9.17) is 18.5 Å². The summed E-state index contributed by atoms with van der Waals surface area (Å²) in [6.07, 6.45) is 54.2. The lowest BCUT2D eigenvalue weighted by Gasteiger charge is -2.28. The highest BCUT2D eigenvalue weighted by molar-refractivity contribution is 7.45. The molecule has 63 heavy (non-hydrogen) atoms. The van der Waals surface area contributed by atoms with Crippen molar-refractivity contribution < 1.29 is 37.3 Å². The van der Waals surface area contributed by atoms with Crippen molar-refractivity contribution in [3.05, 3.63) is 0 Å². The molecule has 0 aromatic rings. The van der Waals surface area contributed by atoms with E-state index in [1.54, 1.807) is 0 Å². The molecule has 2 atom stereocenters. The van der Waals surface area contributed by atoms with Gasteiger partial charge in [-0.2, -0.15) is 0 Å². The summed E-state index contributed by atoms with van der Waals surface area (Å²) in [5.41, 5.74) is 0. The van der Waals surface area contributed by atoms with Crippen LogP contribution >= 0.6 is 7.82 Å². The number of hydrogen-bond donors (Lipinski definition) is 0. The van der Waals surface area contributed by atoms with Crippen LogP contribution in [0.2, 0.25) is 0 Å². The van der Waals surface area contributed by atoms with Gasteiger partial charge in [0, 0.05) is 13.0 Å². The lowest BCUT2D eigenvalue weighted by atomic mass is 10.0. The van der Waals surface area contributed by atoms with Crippen molar-refractivity contribution in [3.8, 4) is 0 Å². The Morgan fingerprint density at radius 2 is 0.730 bits per heavy atom. The van der Waals surface area contributed by atoms with E-state index in [-0.39, 0.29) is 25.8 Å². The predicted octanol–water partition coefficient (Wildman–Crippen LogP) is 16.5. The molecule has 9 heteroatoms. The normalized spacial score (nSPS) is 13.4. The van der Waals surface area contributed by atoms with Gasteiger partial charge in [0.15, 0.2) is 0 Å². The van der Waals surface area contributed by atoms with Gasteiger partial charge in [0.25, 0.3) is 7.82 Å². The lowest BCUT2D eigenvalue weighted by Crippen LogP contribution is -2.37. The van der Waals surface area contributed by atoms with Gasteiger partial charge in [0.05, 0.1) is 34.4 Å². The van der Waals surface area contributed by atoms with E-state index < -0.39 is 13.9 Å². The second-order valence-corrected chi connectivity index (χ2v) is 21.7. The van der Waals surface area contributed by atoms with Gasteiger partial charge in [-0.1, -0.05) is 264 Å². The molecule has 0 fully saturated rings. The van der Waals surface area contributed by atoms with Crippen LogP contribution in [0.25, 0.3) is 0 Å². The zero-order valence-corrected chi connectivity index (χ0v) is 44.0. The number of phosphoric ester groups is 1. The monoisotopic (exact) mass is 916 g/mol. The molecule has 0 amide bonds. The summed E-state index contributed by atoms with van der Waals surface area (Å²) in [6, 6.07) is 0. The number of unbranched alkanes of at least 4 members (excludes halogenated alkanes) is 39. The molecule has 0 spiro atoms. The number of carbonyl (C=O) groups is 1. The van der Waals surface area contributed by atoms with Gasteiger partial charge in [-0.25, -0.2) is 0 Å². The number of likely N-dealkylation sites (N-methyl/N-ethyl adjacent to an activating group) is 1. The highest BCUT2D eigenvalue weighted by atomic mass is 31.2. The largest absolute Gasteiger partial charge is 0.756 e. The SMILES string of the molecule is CCCCCCCCCCCCCCCCCCCCCCCCOCC(COP(=O)([O-])OCC[N+](C)(C)C)OC(=O)CCCCCCCCCCCCCCCCCCCCC. The Labute approximate surface area is 393 Å². The fraction of sp³-hybridized carbons (Fsp3) is 0.981. The summed E-state index contributed by atoms with van der Waals surface area (Å²) in [5.74, 6) is -0.324. The van der Waals surface area contributed by atoms with Crippen LogP contribution in [0.15, 0.2) is 0 Å². The van der Waals surface area contributed by atoms with Crippen molar-refractivity contribution in [2.45, 2.75) is 290 Å². The summed E-state index contributed by atoms with van der Waals surface area (Å²) in [7, 11) is 1.38. The maximum Gasteiger partial charge on any atom is 0.306 e. The van der Waals surface area contributed by atoms with Crippen LogP contribution in [0, 0.1) is 0 Å². The van der Waals surface area contributed by atoms with Crippen LogP contribution in [0.1, 0.15) is 284 Å². The highest BCUT2D eigenvalue weighted by Crippen LogP contribution is 2.38. The molecule has 0 aromatic heterocycles. The molecule has 0 bridgehead atoms. The second kappa shape index (κ2) is 48.0. The minimum atomic E-state index is -4.52. The summed E-state index contributed by atoms with van der Waals surface area (Å²) in [4.78, 5) is 25.2. The van der Waals surface area contributed by atoms with Crippen molar-refractivity contribution in [1.29, 1.82) is 0 Å². The van der Waals surface area contributed by atoms with E-state index in [1.165, 1.54) is 231 Å².